The van der Waals surface area contributed by atoms with Crippen molar-refractivity contribution in [2.45, 2.75) is 25.8 Å². The van der Waals surface area contributed by atoms with Gasteiger partial charge in [-0.25, -0.2) is 0 Å². The highest BCUT2D eigenvalue weighted by Gasteiger charge is 2.10. The average molecular weight is 219 g/mol. The Morgan fingerprint density at radius 1 is 1.54 bits per heavy atom. The predicted molar refractivity (Wildman–Crippen MR) is 56.1 cm³/mol. The van der Waals surface area contributed by atoms with E-state index in [9.17, 15) is 0 Å². The van der Waals surface area contributed by atoms with Crippen molar-refractivity contribution in [3.63, 3.8) is 0 Å². The topological polar surface area (TPSA) is 38.9 Å². The van der Waals surface area contributed by atoms with Gasteiger partial charge >= 0.3 is 0 Å². The molecule has 1 unspecified atom stereocenters. The summed E-state index contributed by atoms with van der Waals surface area (Å²) in [6, 6.07) is 1.58. The highest BCUT2D eigenvalue weighted by Crippen LogP contribution is 2.24. The van der Waals surface area contributed by atoms with Gasteiger partial charge in [0.15, 0.2) is 0 Å². The van der Waals surface area contributed by atoms with Gasteiger partial charge in [-0.05, 0) is 12.5 Å². The van der Waals surface area contributed by atoms with E-state index >= 15 is 0 Å². The van der Waals surface area contributed by atoms with Crippen LogP contribution >= 0.6 is 23.2 Å². The normalized spacial score (nSPS) is 12.9. The van der Waals surface area contributed by atoms with E-state index in [-0.39, 0.29) is 6.04 Å². The molecule has 0 aliphatic carbocycles. The zero-order chi connectivity index (χ0) is 9.84. The van der Waals surface area contributed by atoms with Gasteiger partial charge < -0.3 is 5.73 Å². The molecule has 1 heterocycles. The fourth-order valence-electron chi connectivity index (χ4n) is 1.15. The lowest BCUT2D eigenvalue weighted by Gasteiger charge is -2.10. The van der Waals surface area contributed by atoms with Crippen molar-refractivity contribution in [1.82, 2.24) is 4.98 Å². The summed E-state index contributed by atoms with van der Waals surface area (Å²) < 4.78 is 0. The SMILES string of the molecule is CCCC(N)c1ncc(Cl)cc1Cl. The summed E-state index contributed by atoms with van der Waals surface area (Å²) in [6.07, 6.45) is 3.47. The lowest BCUT2D eigenvalue weighted by molar-refractivity contribution is 0.622. The molecule has 0 fully saturated rings. The van der Waals surface area contributed by atoms with Crippen molar-refractivity contribution in [3.05, 3.63) is 28.0 Å². The second kappa shape index (κ2) is 4.80. The van der Waals surface area contributed by atoms with Crippen molar-refractivity contribution >= 4 is 23.2 Å². The first kappa shape index (κ1) is 10.8. The van der Waals surface area contributed by atoms with E-state index in [1.807, 2.05) is 0 Å². The van der Waals surface area contributed by atoms with Crippen LogP contribution < -0.4 is 5.73 Å². The second-order valence-corrected chi connectivity index (χ2v) is 3.76. The van der Waals surface area contributed by atoms with E-state index in [0.29, 0.717) is 10.0 Å². The molecule has 0 bridgehead atoms. The maximum absolute atomic E-state index is 5.93. The predicted octanol–water partition coefficient (Wildman–Crippen LogP) is 3.19. The molecular weight excluding hydrogens is 207 g/mol. The summed E-state index contributed by atoms with van der Waals surface area (Å²) >= 11 is 11.6. The summed E-state index contributed by atoms with van der Waals surface area (Å²) in [6.45, 7) is 2.07. The fraction of sp³-hybridized carbons (Fsp3) is 0.444. The summed E-state index contributed by atoms with van der Waals surface area (Å²) in [5.74, 6) is 0. The number of aromatic nitrogens is 1. The summed E-state index contributed by atoms with van der Waals surface area (Å²) in [7, 11) is 0. The molecule has 0 saturated heterocycles. The van der Waals surface area contributed by atoms with Crippen molar-refractivity contribution in [3.8, 4) is 0 Å². The third-order valence-electron chi connectivity index (χ3n) is 1.79. The highest BCUT2D eigenvalue weighted by atomic mass is 35.5. The van der Waals surface area contributed by atoms with E-state index in [0.717, 1.165) is 18.5 Å². The largest absolute Gasteiger partial charge is 0.323 e. The molecule has 0 saturated carbocycles. The van der Waals surface area contributed by atoms with Crippen LogP contribution in [-0.2, 0) is 0 Å². The van der Waals surface area contributed by atoms with E-state index in [2.05, 4.69) is 11.9 Å². The maximum atomic E-state index is 5.93. The molecule has 13 heavy (non-hydrogen) atoms. The van der Waals surface area contributed by atoms with Crippen LogP contribution in [0, 0.1) is 0 Å². The lowest BCUT2D eigenvalue weighted by Crippen LogP contribution is -2.12. The van der Waals surface area contributed by atoms with Gasteiger partial charge in [-0.2, -0.15) is 0 Å². The summed E-state index contributed by atoms with van der Waals surface area (Å²) in [5.41, 5.74) is 6.60. The Morgan fingerprint density at radius 2 is 2.23 bits per heavy atom. The van der Waals surface area contributed by atoms with Crippen LogP contribution in [-0.4, -0.2) is 4.98 Å². The van der Waals surface area contributed by atoms with Crippen molar-refractivity contribution < 1.29 is 0 Å². The zero-order valence-corrected chi connectivity index (χ0v) is 8.94. The van der Waals surface area contributed by atoms with Gasteiger partial charge in [0.2, 0.25) is 0 Å². The van der Waals surface area contributed by atoms with Crippen molar-refractivity contribution in [2.24, 2.45) is 5.73 Å². The van der Waals surface area contributed by atoms with Crippen LogP contribution in [0.3, 0.4) is 0 Å². The first-order valence-corrected chi connectivity index (χ1v) is 4.97. The molecule has 1 rings (SSSR count). The Morgan fingerprint density at radius 3 is 2.77 bits per heavy atom. The Balaban J connectivity index is 2.88. The molecule has 1 aromatic rings. The average Bonchev–Trinajstić information content (AvgIpc) is 2.04. The van der Waals surface area contributed by atoms with E-state index in [1.54, 1.807) is 12.3 Å². The number of halogens is 2. The molecule has 0 amide bonds. The van der Waals surface area contributed by atoms with Crippen molar-refractivity contribution in [1.29, 1.82) is 0 Å². The Kier molecular flexibility index (Phi) is 3.97. The first-order valence-electron chi connectivity index (χ1n) is 4.21. The zero-order valence-electron chi connectivity index (χ0n) is 7.43. The molecule has 72 valence electrons. The summed E-state index contributed by atoms with van der Waals surface area (Å²) in [4.78, 5) is 4.11. The number of hydrogen-bond acceptors (Lipinski definition) is 2. The smallest absolute Gasteiger partial charge is 0.0757 e. The highest BCUT2D eigenvalue weighted by molar-refractivity contribution is 6.34. The Bertz CT molecular complexity index is 289. The number of hydrogen-bond donors (Lipinski definition) is 1. The molecule has 2 N–H and O–H groups in total. The number of nitrogens with two attached hydrogens (primary N) is 1. The van der Waals surface area contributed by atoms with Gasteiger partial charge in [-0.1, -0.05) is 36.5 Å². The van der Waals surface area contributed by atoms with Crippen LogP contribution in [0.25, 0.3) is 0 Å². The Labute approximate surface area is 88.1 Å². The standard InChI is InChI=1S/C9H12Cl2N2/c1-2-3-8(12)9-7(11)4-6(10)5-13-9/h4-5,8H,2-3,12H2,1H3. The van der Waals surface area contributed by atoms with Gasteiger partial charge in [-0.15, -0.1) is 0 Å². The third-order valence-corrected chi connectivity index (χ3v) is 2.30. The number of nitrogens with zero attached hydrogens (tertiary/aromatic N) is 1. The maximum Gasteiger partial charge on any atom is 0.0757 e. The van der Waals surface area contributed by atoms with Gasteiger partial charge in [-0.3, -0.25) is 4.98 Å². The van der Waals surface area contributed by atoms with E-state index in [1.165, 1.54) is 0 Å². The van der Waals surface area contributed by atoms with Crippen LogP contribution in [0.5, 0.6) is 0 Å². The first-order chi connectivity index (χ1) is 6.15. The van der Waals surface area contributed by atoms with Crippen LogP contribution in [0.1, 0.15) is 31.5 Å². The molecule has 1 aromatic heterocycles. The van der Waals surface area contributed by atoms with Crippen LogP contribution in [0.15, 0.2) is 12.3 Å². The second-order valence-electron chi connectivity index (χ2n) is 2.92. The minimum Gasteiger partial charge on any atom is -0.323 e. The van der Waals surface area contributed by atoms with E-state index in [4.69, 9.17) is 28.9 Å². The van der Waals surface area contributed by atoms with Gasteiger partial charge in [0, 0.05) is 12.2 Å². The van der Waals surface area contributed by atoms with Crippen LogP contribution in [0.4, 0.5) is 0 Å². The van der Waals surface area contributed by atoms with Gasteiger partial charge in [0.1, 0.15) is 0 Å². The van der Waals surface area contributed by atoms with E-state index < -0.39 is 0 Å². The molecule has 0 aliphatic rings. The molecule has 0 radical (unpaired) electrons. The minimum absolute atomic E-state index is 0.0882. The van der Waals surface area contributed by atoms with Crippen LogP contribution in [0.2, 0.25) is 10.0 Å². The number of pyridine rings is 1. The molecule has 0 aromatic carbocycles. The lowest BCUT2D eigenvalue weighted by atomic mass is 10.1. The molecule has 2 nitrogen and oxygen atoms in total. The Hall–Kier alpha value is -0.310. The quantitative estimate of drug-likeness (QED) is 0.847. The summed E-state index contributed by atoms with van der Waals surface area (Å²) in [5, 5.41) is 1.09. The monoisotopic (exact) mass is 218 g/mol. The van der Waals surface area contributed by atoms with Gasteiger partial charge in [0.05, 0.1) is 15.7 Å². The van der Waals surface area contributed by atoms with Crippen molar-refractivity contribution in [2.75, 3.05) is 0 Å². The molecular formula is C9H12Cl2N2. The fourth-order valence-corrected chi connectivity index (χ4v) is 1.67. The minimum atomic E-state index is -0.0882. The molecule has 0 spiro atoms. The molecule has 4 heteroatoms. The third kappa shape index (κ3) is 2.83. The molecule has 1 atom stereocenters. The molecule has 0 aliphatic heterocycles. The van der Waals surface area contributed by atoms with Gasteiger partial charge in [0.25, 0.3) is 0 Å². The number of rotatable bonds is 3.